The van der Waals surface area contributed by atoms with E-state index in [1.807, 2.05) is 24.5 Å². The third kappa shape index (κ3) is 2.05. The van der Waals surface area contributed by atoms with E-state index >= 15 is 0 Å². The summed E-state index contributed by atoms with van der Waals surface area (Å²) in [4.78, 5) is 16.1. The maximum Gasteiger partial charge on any atom is 0.269 e. The van der Waals surface area contributed by atoms with Crippen LogP contribution in [0.2, 0.25) is 0 Å². The van der Waals surface area contributed by atoms with E-state index in [-0.39, 0.29) is 11.1 Å². The van der Waals surface area contributed by atoms with Gasteiger partial charge in [-0.3, -0.25) is 4.79 Å². The van der Waals surface area contributed by atoms with Crippen LogP contribution in [0.15, 0.2) is 29.5 Å². The molecule has 0 bridgehead atoms. The Balaban J connectivity index is 2.47. The molecule has 0 radical (unpaired) electrons. The van der Waals surface area contributed by atoms with Crippen molar-refractivity contribution < 1.29 is 0 Å². The average molecular weight is 242 g/mol. The highest BCUT2D eigenvalue weighted by Gasteiger charge is 2.08. The van der Waals surface area contributed by atoms with Gasteiger partial charge in [-0.05, 0) is 26.0 Å². The lowest BCUT2D eigenvalue weighted by atomic mass is 10.2. The van der Waals surface area contributed by atoms with Gasteiger partial charge in [0, 0.05) is 18.4 Å². The molecule has 0 aromatic carbocycles. The van der Waals surface area contributed by atoms with Crippen LogP contribution in [0.25, 0.3) is 0 Å². The molecule has 0 spiro atoms. The third-order valence-electron chi connectivity index (χ3n) is 2.97. The second-order valence-corrected chi connectivity index (χ2v) is 4.06. The third-order valence-corrected chi connectivity index (χ3v) is 2.97. The smallest absolute Gasteiger partial charge is 0.269 e. The zero-order chi connectivity index (χ0) is 13.1. The molecule has 0 fully saturated rings. The largest absolute Gasteiger partial charge is 0.333 e. The van der Waals surface area contributed by atoms with Crippen molar-refractivity contribution in [3.8, 4) is 6.07 Å². The predicted octanol–water partition coefficient (Wildman–Crippen LogP) is 1.29. The summed E-state index contributed by atoms with van der Waals surface area (Å²) in [6, 6.07) is 5.26. The van der Waals surface area contributed by atoms with Crippen molar-refractivity contribution in [3.05, 3.63) is 52.0 Å². The highest BCUT2D eigenvalue weighted by Crippen LogP contribution is 2.05. The Morgan fingerprint density at radius 3 is 2.89 bits per heavy atom. The van der Waals surface area contributed by atoms with Crippen LogP contribution in [0.5, 0.6) is 0 Å². The molecule has 0 amide bonds. The van der Waals surface area contributed by atoms with E-state index in [2.05, 4.69) is 4.98 Å². The molecule has 2 aromatic rings. The quantitative estimate of drug-likeness (QED) is 0.814. The minimum atomic E-state index is -0.249. The van der Waals surface area contributed by atoms with Crippen molar-refractivity contribution in [3.63, 3.8) is 0 Å². The molecule has 0 saturated carbocycles. The molecule has 0 atom stereocenters. The molecule has 0 aliphatic heterocycles. The Morgan fingerprint density at radius 2 is 2.22 bits per heavy atom. The highest BCUT2D eigenvalue weighted by atomic mass is 16.1. The van der Waals surface area contributed by atoms with Gasteiger partial charge in [0.05, 0.1) is 18.6 Å². The van der Waals surface area contributed by atoms with Crippen molar-refractivity contribution >= 4 is 0 Å². The fourth-order valence-electron chi connectivity index (χ4n) is 1.88. The highest BCUT2D eigenvalue weighted by molar-refractivity contribution is 5.27. The summed E-state index contributed by atoms with van der Waals surface area (Å²) < 4.78 is 3.58. The summed E-state index contributed by atoms with van der Waals surface area (Å²) >= 11 is 0. The molecular weight excluding hydrogens is 228 g/mol. The van der Waals surface area contributed by atoms with Crippen molar-refractivity contribution in [2.45, 2.75) is 26.9 Å². The Hall–Kier alpha value is -2.35. The van der Waals surface area contributed by atoms with Gasteiger partial charge in [-0.15, -0.1) is 0 Å². The normalized spacial score (nSPS) is 10.3. The summed E-state index contributed by atoms with van der Waals surface area (Å²) in [7, 11) is 0. The van der Waals surface area contributed by atoms with Crippen LogP contribution in [-0.4, -0.2) is 14.1 Å². The fraction of sp³-hybridized carbons (Fsp3) is 0.308. The summed E-state index contributed by atoms with van der Waals surface area (Å²) in [5, 5.41) is 8.88. The van der Waals surface area contributed by atoms with Crippen molar-refractivity contribution in [1.29, 1.82) is 5.26 Å². The number of rotatable bonds is 3. The molecule has 0 unspecified atom stereocenters. The molecule has 5 nitrogen and oxygen atoms in total. The minimum Gasteiger partial charge on any atom is -0.333 e. The van der Waals surface area contributed by atoms with E-state index in [9.17, 15) is 4.79 Å². The van der Waals surface area contributed by atoms with E-state index in [1.165, 1.54) is 0 Å². The molecule has 2 rings (SSSR count). The monoisotopic (exact) mass is 242 g/mol. The van der Waals surface area contributed by atoms with Crippen LogP contribution in [0.4, 0.5) is 0 Å². The van der Waals surface area contributed by atoms with E-state index < -0.39 is 0 Å². The van der Waals surface area contributed by atoms with E-state index in [4.69, 9.17) is 5.26 Å². The van der Waals surface area contributed by atoms with Crippen molar-refractivity contribution in [1.82, 2.24) is 14.1 Å². The first-order valence-electron chi connectivity index (χ1n) is 5.77. The van der Waals surface area contributed by atoms with Gasteiger partial charge < -0.3 is 9.13 Å². The summed E-state index contributed by atoms with van der Waals surface area (Å²) in [6.07, 6.45) is 3.48. The maximum absolute atomic E-state index is 12.1. The topological polar surface area (TPSA) is 63.6 Å². The average Bonchev–Trinajstić information content (AvgIpc) is 2.82. The Kier molecular flexibility index (Phi) is 3.28. The molecule has 2 heterocycles. The number of aromatic nitrogens is 3. The summed E-state index contributed by atoms with van der Waals surface area (Å²) in [5.74, 6) is 0. The van der Waals surface area contributed by atoms with Gasteiger partial charge >= 0.3 is 0 Å². The maximum atomic E-state index is 12.1. The number of nitriles is 1. The van der Waals surface area contributed by atoms with Gasteiger partial charge in [0.1, 0.15) is 11.6 Å². The van der Waals surface area contributed by atoms with Gasteiger partial charge in [0.25, 0.3) is 5.56 Å². The Labute approximate surface area is 105 Å². The molecule has 5 heteroatoms. The minimum absolute atomic E-state index is 0.170. The number of nitrogens with zero attached hydrogens (tertiary/aromatic N) is 4. The van der Waals surface area contributed by atoms with Crippen molar-refractivity contribution in [2.75, 3.05) is 0 Å². The van der Waals surface area contributed by atoms with Crippen LogP contribution >= 0.6 is 0 Å². The van der Waals surface area contributed by atoms with Crippen LogP contribution in [0.3, 0.4) is 0 Å². The first-order valence-corrected chi connectivity index (χ1v) is 5.77. The van der Waals surface area contributed by atoms with Gasteiger partial charge in [0.2, 0.25) is 0 Å². The fourth-order valence-corrected chi connectivity index (χ4v) is 1.88. The molecule has 0 aliphatic carbocycles. The lowest BCUT2D eigenvalue weighted by Crippen LogP contribution is -2.25. The SMILES string of the molecule is CCn1cncc1Cn1c(C)ccc(C#N)c1=O. The van der Waals surface area contributed by atoms with Crippen molar-refractivity contribution in [2.24, 2.45) is 0 Å². The summed E-state index contributed by atoms with van der Waals surface area (Å²) in [5.41, 5.74) is 1.71. The number of aryl methyl sites for hydroxylation is 2. The second-order valence-electron chi connectivity index (χ2n) is 4.06. The lowest BCUT2D eigenvalue weighted by molar-refractivity contribution is 0.644. The molecule has 0 aliphatic rings. The van der Waals surface area contributed by atoms with Gasteiger partial charge in [0.15, 0.2) is 0 Å². The molecular formula is C13H14N4O. The number of pyridine rings is 1. The van der Waals surface area contributed by atoms with E-state index in [0.29, 0.717) is 6.54 Å². The van der Waals surface area contributed by atoms with Gasteiger partial charge in [-0.25, -0.2) is 4.98 Å². The van der Waals surface area contributed by atoms with E-state index in [0.717, 1.165) is 17.9 Å². The summed E-state index contributed by atoms with van der Waals surface area (Å²) in [6.45, 7) is 5.12. The molecule has 0 N–H and O–H groups in total. The lowest BCUT2D eigenvalue weighted by Gasteiger charge is -2.11. The first-order chi connectivity index (χ1) is 8.67. The van der Waals surface area contributed by atoms with Crippen LogP contribution < -0.4 is 5.56 Å². The van der Waals surface area contributed by atoms with Crippen LogP contribution in [0.1, 0.15) is 23.9 Å². The number of hydrogen-bond donors (Lipinski definition) is 0. The second kappa shape index (κ2) is 4.88. The molecule has 2 aromatic heterocycles. The molecule has 92 valence electrons. The van der Waals surface area contributed by atoms with E-state index in [1.54, 1.807) is 29.2 Å². The Bertz CT molecular complexity index is 660. The zero-order valence-corrected chi connectivity index (χ0v) is 10.4. The van der Waals surface area contributed by atoms with Crippen LogP contribution in [0, 0.1) is 18.3 Å². The van der Waals surface area contributed by atoms with Crippen LogP contribution in [-0.2, 0) is 13.1 Å². The zero-order valence-electron chi connectivity index (χ0n) is 10.4. The first kappa shape index (κ1) is 12.1. The Morgan fingerprint density at radius 1 is 1.44 bits per heavy atom. The molecule has 0 saturated heterocycles. The predicted molar refractivity (Wildman–Crippen MR) is 67.2 cm³/mol. The standard InChI is InChI=1S/C13H14N4O/c1-3-16-9-15-7-12(16)8-17-10(2)4-5-11(6-14)13(17)18/h4-5,7,9H,3,8H2,1-2H3. The van der Waals surface area contributed by atoms with Gasteiger partial charge in [-0.2, -0.15) is 5.26 Å². The molecule has 18 heavy (non-hydrogen) atoms. The number of hydrogen-bond acceptors (Lipinski definition) is 3. The number of imidazole rings is 1. The van der Waals surface area contributed by atoms with Gasteiger partial charge in [-0.1, -0.05) is 0 Å².